The third kappa shape index (κ3) is 3.71. The monoisotopic (exact) mass is 398 g/mol. The second-order valence-electron chi connectivity index (χ2n) is 5.65. The minimum absolute atomic E-state index is 0.416. The molecule has 2 aromatic carbocycles. The van der Waals surface area contributed by atoms with Crippen LogP contribution in [-0.2, 0) is 11.0 Å². The van der Waals surface area contributed by atoms with Crippen molar-refractivity contribution >= 4 is 28.2 Å². The fraction of sp³-hybridized carbons (Fsp3) is 0.0526. The first kappa shape index (κ1) is 17.7. The van der Waals surface area contributed by atoms with Gasteiger partial charge in [0.1, 0.15) is 16.7 Å². The normalized spacial score (nSPS) is 12.2. The highest BCUT2D eigenvalue weighted by atomic mass is 35.5. The lowest BCUT2D eigenvalue weighted by Crippen LogP contribution is -2.10. The molecule has 0 saturated carbocycles. The van der Waals surface area contributed by atoms with Gasteiger partial charge in [0.05, 0.1) is 16.8 Å². The van der Waals surface area contributed by atoms with Gasteiger partial charge in [-0.2, -0.15) is 0 Å². The SMILES string of the molecule is CNS(=O)c1cccc(-c2cnc3ccc(Oc4cccc(Cl)c4)nn23)c1. The Kier molecular flexibility index (Phi) is 4.89. The van der Waals surface area contributed by atoms with Crippen LogP contribution in [0.2, 0.25) is 5.02 Å². The van der Waals surface area contributed by atoms with Gasteiger partial charge in [0, 0.05) is 16.7 Å². The van der Waals surface area contributed by atoms with Crippen LogP contribution in [-0.4, -0.2) is 25.9 Å². The van der Waals surface area contributed by atoms with Crippen LogP contribution in [0.4, 0.5) is 0 Å². The molecular formula is C19H15ClN4O2S. The molecule has 0 aliphatic heterocycles. The number of hydrogen-bond acceptors (Lipinski definition) is 4. The molecule has 0 amide bonds. The molecule has 1 unspecified atom stereocenters. The van der Waals surface area contributed by atoms with E-state index in [9.17, 15) is 4.21 Å². The summed E-state index contributed by atoms with van der Waals surface area (Å²) in [5.41, 5.74) is 2.32. The maximum Gasteiger partial charge on any atom is 0.237 e. The predicted molar refractivity (Wildman–Crippen MR) is 105 cm³/mol. The molecule has 2 aromatic heterocycles. The second-order valence-corrected chi connectivity index (χ2v) is 7.50. The Morgan fingerprint density at radius 2 is 1.96 bits per heavy atom. The molecule has 0 aliphatic rings. The smallest absolute Gasteiger partial charge is 0.237 e. The first-order valence-electron chi connectivity index (χ1n) is 8.12. The van der Waals surface area contributed by atoms with Crippen molar-refractivity contribution in [2.24, 2.45) is 0 Å². The van der Waals surface area contributed by atoms with Gasteiger partial charge in [-0.15, -0.1) is 5.10 Å². The zero-order chi connectivity index (χ0) is 18.8. The summed E-state index contributed by atoms with van der Waals surface area (Å²) >= 11 is 6.00. The van der Waals surface area contributed by atoms with E-state index >= 15 is 0 Å². The molecule has 1 N–H and O–H groups in total. The van der Waals surface area contributed by atoms with Gasteiger partial charge < -0.3 is 4.74 Å². The van der Waals surface area contributed by atoms with Gasteiger partial charge in [-0.25, -0.2) is 18.4 Å². The molecule has 6 nitrogen and oxygen atoms in total. The molecular weight excluding hydrogens is 384 g/mol. The number of fused-ring (bicyclic) bond motifs is 1. The molecule has 0 aliphatic carbocycles. The maximum absolute atomic E-state index is 12.0. The Balaban J connectivity index is 1.73. The molecule has 0 saturated heterocycles. The van der Waals surface area contributed by atoms with E-state index in [1.807, 2.05) is 36.4 Å². The van der Waals surface area contributed by atoms with Gasteiger partial charge >= 0.3 is 0 Å². The fourth-order valence-electron chi connectivity index (χ4n) is 2.65. The van der Waals surface area contributed by atoms with Crippen molar-refractivity contribution in [3.05, 3.63) is 71.9 Å². The molecule has 1 atom stereocenters. The Hall–Kier alpha value is -2.74. The lowest BCUT2D eigenvalue weighted by Gasteiger charge is -2.07. The van der Waals surface area contributed by atoms with Crippen molar-refractivity contribution in [2.45, 2.75) is 4.90 Å². The summed E-state index contributed by atoms with van der Waals surface area (Å²) < 4.78 is 22.2. The first-order chi connectivity index (χ1) is 13.1. The van der Waals surface area contributed by atoms with Gasteiger partial charge in [0.2, 0.25) is 5.88 Å². The van der Waals surface area contributed by atoms with Crippen LogP contribution in [0.5, 0.6) is 11.6 Å². The van der Waals surface area contributed by atoms with Crippen molar-refractivity contribution in [3.8, 4) is 22.9 Å². The van der Waals surface area contributed by atoms with E-state index in [2.05, 4.69) is 14.8 Å². The molecule has 0 fully saturated rings. The number of nitrogens with one attached hydrogen (secondary N) is 1. The number of imidazole rings is 1. The van der Waals surface area contributed by atoms with E-state index in [1.165, 1.54) is 0 Å². The van der Waals surface area contributed by atoms with E-state index in [-0.39, 0.29) is 0 Å². The zero-order valence-electron chi connectivity index (χ0n) is 14.3. The van der Waals surface area contributed by atoms with Crippen LogP contribution < -0.4 is 9.46 Å². The Labute approximate surface area is 163 Å². The van der Waals surface area contributed by atoms with Gasteiger partial charge in [-0.1, -0.05) is 29.8 Å². The fourth-order valence-corrected chi connectivity index (χ4v) is 3.50. The number of hydrogen-bond donors (Lipinski definition) is 1. The van der Waals surface area contributed by atoms with Gasteiger partial charge in [0.25, 0.3) is 0 Å². The Bertz CT molecular complexity index is 1150. The highest BCUT2D eigenvalue weighted by Crippen LogP contribution is 2.26. The standard InChI is InChI=1S/C19H15ClN4O2S/c1-21-27(25)16-7-2-4-13(10-16)17-12-22-18-8-9-19(23-24(17)18)26-15-6-3-5-14(20)11-15/h2-12,21H,1H3. The molecule has 27 heavy (non-hydrogen) atoms. The summed E-state index contributed by atoms with van der Waals surface area (Å²) in [5, 5.41) is 5.12. The van der Waals surface area contributed by atoms with E-state index in [0.717, 1.165) is 11.3 Å². The van der Waals surface area contributed by atoms with Gasteiger partial charge in [-0.05, 0) is 43.4 Å². The third-order valence-electron chi connectivity index (χ3n) is 3.89. The number of halogens is 1. The summed E-state index contributed by atoms with van der Waals surface area (Å²) in [6.07, 6.45) is 1.73. The topological polar surface area (TPSA) is 68.5 Å². The number of ether oxygens (including phenoxy) is 1. The van der Waals surface area contributed by atoms with Crippen molar-refractivity contribution in [2.75, 3.05) is 7.05 Å². The zero-order valence-corrected chi connectivity index (χ0v) is 15.9. The third-order valence-corrected chi connectivity index (χ3v) is 5.17. The summed E-state index contributed by atoms with van der Waals surface area (Å²) in [6.45, 7) is 0. The molecule has 4 rings (SSSR count). The minimum Gasteiger partial charge on any atom is -0.438 e. The Morgan fingerprint density at radius 3 is 2.78 bits per heavy atom. The second kappa shape index (κ2) is 7.48. The summed E-state index contributed by atoms with van der Waals surface area (Å²) in [7, 11) is 0.384. The first-order valence-corrected chi connectivity index (χ1v) is 9.64. The van der Waals surface area contributed by atoms with Crippen molar-refractivity contribution in [3.63, 3.8) is 0 Å². The average molecular weight is 399 g/mol. The number of nitrogens with zero attached hydrogens (tertiary/aromatic N) is 3. The highest BCUT2D eigenvalue weighted by molar-refractivity contribution is 7.83. The highest BCUT2D eigenvalue weighted by Gasteiger charge is 2.11. The molecule has 136 valence electrons. The van der Waals surface area contributed by atoms with Gasteiger partial charge in [-0.3, -0.25) is 0 Å². The largest absolute Gasteiger partial charge is 0.438 e. The Morgan fingerprint density at radius 1 is 1.11 bits per heavy atom. The van der Waals surface area contributed by atoms with Crippen LogP contribution in [0.1, 0.15) is 0 Å². The van der Waals surface area contributed by atoms with Crippen LogP contribution in [0, 0.1) is 0 Å². The molecule has 0 radical (unpaired) electrons. The van der Waals surface area contributed by atoms with Crippen molar-refractivity contribution < 1.29 is 8.95 Å². The van der Waals surface area contributed by atoms with Crippen LogP contribution >= 0.6 is 11.6 Å². The quantitative estimate of drug-likeness (QED) is 0.550. The number of benzene rings is 2. The molecule has 2 heterocycles. The van der Waals surface area contributed by atoms with Crippen molar-refractivity contribution in [1.82, 2.24) is 19.3 Å². The summed E-state index contributed by atoms with van der Waals surface area (Å²) in [5.74, 6) is 1.02. The van der Waals surface area contributed by atoms with Crippen LogP contribution in [0.15, 0.2) is 71.8 Å². The van der Waals surface area contributed by atoms with Crippen LogP contribution in [0.3, 0.4) is 0 Å². The van der Waals surface area contributed by atoms with Crippen molar-refractivity contribution in [1.29, 1.82) is 0 Å². The maximum atomic E-state index is 12.0. The summed E-state index contributed by atoms with van der Waals surface area (Å²) in [4.78, 5) is 5.06. The average Bonchev–Trinajstić information content (AvgIpc) is 3.11. The van der Waals surface area contributed by atoms with Crippen LogP contribution in [0.25, 0.3) is 16.9 Å². The molecule has 4 aromatic rings. The molecule has 0 bridgehead atoms. The molecule has 0 spiro atoms. The van der Waals surface area contributed by atoms with E-state index < -0.39 is 11.0 Å². The predicted octanol–water partition coefficient (Wildman–Crippen LogP) is 4.08. The lowest BCUT2D eigenvalue weighted by atomic mass is 10.2. The van der Waals surface area contributed by atoms with E-state index in [4.69, 9.17) is 16.3 Å². The number of aromatic nitrogens is 3. The lowest BCUT2D eigenvalue weighted by molar-refractivity contribution is 0.453. The minimum atomic E-state index is -1.27. The van der Waals surface area contributed by atoms with E-state index in [1.54, 1.807) is 42.0 Å². The molecule has 8 heteroatoms. The summed E-state index contributed by atoms with van der Waals surface area (Å²) in [6, 6.07) is 18.1. The van der Waals surface area contributed by atoms with Gasteiger partial charge in [0.15, 0.2) is 5.65 Å². The van der Waals surface area contributed by atoms with E-state index in [0.29, 0.717) is 27.2 Å². The number of rotatable bonds is 5.